The van der Waals surface area contributed by atoms with E-state index >= 15 is 0 Å². The molecule has 1 heterocycles. The van der Waals surface area contributed by atoms with Crippen LogP contribution < -0.4 is 5.32 Å². The number of carbonyl (C=O) groups is 3. The van der Waals surface area contributed by atoms with Crippen LogP contribution in [0.4, 0.5) is 11.4 Å². The molecule has 3 fully saturated rings. The summed E-state index contributed by atoms with van der Waals surface area (Å²) < 4.78 is 0. The van der Waals surface area contributed by atoms with Gasteiger partial charge in [-0.2, -0.15) is 0 Å². The maximum absolute atomic E-state index is 13.0. The molecule has 8 nitrogen and oxygen atoms in total. The Kier molecular flexibility index (Phi) is 3.50. The topological polar surface area (TPSA) is 110 Å². The fraction of sp³-hybridized carbons (Fsp3) is 0.450. The van der Waals surface area contributed by atoms with Crippen LogP contribution in [0.1, 0.15) is 13.3 Å². The molecule has 3 amide bonds. The summed E-state index contributed by atoms with van der Waals surface area (Å²) in [6.45, 7) is 1.55. The Bertz CT molecular complexity index is 904. The lowest BCUT2D eigenvalue weighted by atomic mass is 9.63. The van der Waals surface area contributed by atoms with Crippen molar-refractivity contribution in [3.8, 4) is 0 Å². The molecule has 28 heavy (non-hydrogen) atoms. The summed E-state index contributed by atoms with van der Waals surface area (Å²) >= 11 is 0. The normalized spacial score (nSPS) is 35.4. The number of imide groups is 1. The van der Waals surface area contributed by atoms with Gasteiger partial charge in [0.15, 0.2) is 0 Å². The molecule has 1 aliphatic heterocycles. The van der Waals surface area contributed by atoms with Crippen LogP contribution in [-0.2, 0) is 14.4 Å². The summed E-state index contributed by atoms with van der Waals surface area (Å²) in [6, 6.07) is 4.49. The predicted octanol–water partition coefficient (Wildman–Crippen LogP) is 1.97. The molecule has 1 saturated heterocycles. The Balaban J connectivity index is 1.33. The molecule has 7 unspecified atom stereocenters. The van der Waals surface area contributed by atoms with Crippen LogP contribution in [0, 0.1) is 45.6 Å². The molecular weight excluding hydrogens is 362 g/mol. The van der Waals surface area contributed by atoms with Crippen molar-refractivity contribution in [2.24, 2.45) is 35.5 Å². The Morgan fingerprint density at radius 3 is 2.14 bits per heavy atom. The van der Waals surface area contributed by atoms with Gasteiger partial charge in [0.2, 0.25) is 17.7 Å². The number of hydrogen-bond donors (Lipinski definition) is 1. The Morgan fingerprint density at radius 2 is 1.64 bits per heavy atom. The van der Waals surface area contributed by atoms with E-state index in [2.05, 4.69) is 17.5 Å². The zero-order valence-electron chi connectivity index (χ0n) is 15.1. The molecule has 0 spiro atoms. The SMILES string of the molecule is CC(C(=O)Nc1ccc([N+](=O)[O-])cc1)N1C(=O)C2C3C=CC(C4CC34)C2C1=O. The number of nitro benzene ring substituents is 1. The highest BCUT2D eigenvalue weighted by atomic mass is 16.6. The highest BCUT2D eigenvalue weighted by molar-refractivity contribution is 6.10. The Hall–Kier alpha value is -3.03. The van der Waals surface area contributed by atoms with Gasteiger partial charge in [-0.15, -0.1) is 0 Å². The number of likely N-dealkylation sites (tertiary alicyclic amines) is 1. The molecule has 2 saturated carbocycles. The van der Waals surface area contributed by atoms with Crippen molar-refractivity contribution in [3.05, 3.63) is 46.5 Å². The van der Waals surface area contributed by atoms with Crippen LogP contribution in [0.3, 0.4) is 0 Å². The van der Waals surface area contributed by atoms with Crippen molar-refractivity contribution in [1.29, 1.82) is 0 Å². The lowest BCUT2D eigenvalue weighted by Crippen LogP contribution is -2.46. The summed E-state index contributed by atoms with van der Waals surface area (Å²) in [4.78, 5) is 50.1. The minimum Gasteiger partial charge on any atom is -0.324 e. The molecule has 7 atom stereocenters. The number of hydrogen-bond acceptors (Lipinski definition) is 5. The molecular formula is C20H19N3O5. The zero-order valence-corrected chi connectivity index (χ0v) is 15.1. The van der Waals surface area contributed by atoms with Gasteiger partial charge in [-0.3, -0.25) is 29.4 Å². The van der Waals surface area contributed by atoms with Gasteiger partial charge in [-0.25, -0.2) is 0 Å². The second-order valence-corrected chi connectivity index (χ2v) is 8.17. The molecule has 1 N–H and O–H groups in total. The van der Waals surface area contributed by atoms with E-state index in [9.17, 15) is 24.5 Å². The van der Waals surface area contributed by atoms with Crippen molar-refractivity contribution >= 4 is 29.1 Å². The fourth-order valence-corrected chi connectivity index (χ4v) is 5.39. The minimum absolute atomic E-state index is 0.0819. The standard InChI is InChI=1S/C20H19N3O5/c1-9(18(24)21-10-2-4-11(5-3-10)23(27)28)22-19(25)16-12-6-7-13(15-8-14(12)15)17(16)20(22)26/h2-7,9,12-17H,8H2,1H3,(H,21,24). The van der Waals surface area contributed by atoms with Crippen molar-refractivity contribution < 1.29 is 19.3 Å². The van der Waals surface area contributed by atoms with Crippen molar-refractivity contribution in [2.45, 2.75) is 19.4 Å². The third-order valence-corrected chi connectivity index (χ3v) is 6.81. The maximum atomic E-state index is 13.0. The van der Waals surface area contributed by atoms with Crippen LogP contribution >= 0.6 is 0 Å². The van der Waals surface area contributed by atoms with E-state index < -0.39 is 16.9 Å². The van der Waals surface area contributed by atoms with E-state index in [1.54, 1.807) is 6.92 Å². The third kappa shape index (κ3) is 2.26. The number of nitrogens with one attached hydrogen (secondary N) is 1. The first-order chi connectivity index (χ1) is 13.4. The van der Waals surface area contributed by atoms with Gasteiger partial charge in [-0.1, -0.05) is 12.2 Å². The quantitative estimate of drug-likeness (QED) is 0.371. The number of anilines is 1. The monoisotopic (exact) mass is 381 g/mol. The number of nitro groups is 1. The average Bonchev–Trinajstić information content (AvgIpc) is 3.45. The molecule has 1 aromatic rings. The molecule has 0 aromatic heterocycles. The lowest BCUT2D eigenvalue weighted by molar-refractivity contribution is -0.384. The summed E-state index contributed by atoms with van der Waals surface area (Å²) in [5.74, 6) is -0.384. The van der Waals surface area contributed by atoms with Crippen LogP contribution in [0.5, 0.6) is 0 Å². The highest BCUT2D eigenvalue weighted by Crippen LogP contribution is 2.65. The number of nitrogens with zero attached hydrogens (tertiary/aromatic N) is 2. The first-order valence-corrected chi connectivity index (χ1v) is 9.49. The van der Waals surface area contributed by atoms with Crippen LogP contribution in [0.2, 0.25) is 0 Å². The van der Waals surface area contributed by atoms with Gasteiger partial charge >= 0.3 is 0 Å². The van der Waals surface area contributed by atoms with E-state index in [0.717, 1.165) is 11.3 Å². The first kappa shape index (κ1) is 17.1. The van der Waals surface area contributed by atoms with Gasteiger partial charge in [-0.05, 0) is 49.1 Å². The van der Waals surface area contributed by atoms with Gasteiger partial charge < -0.3 is 5.32 Å². The fourth-order valence-electron chi connectivity index (χ4n) is 5.39. The smallest absolute Gasteiger partial charge is 0.269 e. The first-order valence-electron chi connectivity index (χ1n) is 9.49. The largest absolute Gasteiger partial charge is 0.324 e. The van der Waals surface area contributed by atoms with Gasteiger partial charge in [0.1, 0.15) is 6.04 Å². The van der Waals surface area contributed by atoms with Crippen molar-refractivity contribution in [1.82, 2.24) is 4.90 Å². The summed E-state index contributed by atoms with van der Waals surface area (Å²) in [6.07, 6.45) is 5.28. The third-order valence-electron chi connectivity index (χ3n) is 6.81. The van der Waals surface area contributed by atoms with Crippen molar-refractivity contribution in [2.75, 3.05) is 5.32 Å². The molecule has 5 aliphatic rings. The van der Waals surface area contributed by atoms with Gasteiger partial charge in [0.05, 0.1) is 16.8 Å². The Morgan fingerprint density at radius 1 is 1.11 bits per heavy atom. The minimum atomic E-state index is -0.934. The summed E-state index contributed by atoms with van der Waals surface area (Å²) in [5.41, 5.74) is 0.295. The number of rotatable bonds is 4. The Labute approximate surface area is 160 Å². The van der Waals surface area contributed by atoms with Crippen LogP contribution in [0.25, 0.3) is 0 Å². The molecule has 144 valence electrons. The number of allylic oxidation sites excluding steroid dienone is 2. The number of benzene rings is 1. The maximum Gasteiger partial charge on any atom is 0.269 e. The van der Waals surface area contributed by atoms with E-state index in [-0.39, 0.29) is 41.2 Å². The molecule has 8 heteroatoms. The second-order valence-electron chi connectivity index (χ2n) is 8.17. The highest BCUT2D eigenvalue weighted by Gasteiger charge is 2.67. The van der Waals surface area contributed by atoms with E-state index in [1.165, 1.54) is 24.3 Å². The van der Waals surface area contributed by atoms with Gasteiger partial charge in [0.25, 0.3) is 5.69 Å². The summed E-state index contributed by atoms with van der Waals surface area (Å²) in [5, 5.41) is 13.4. The van der Waals surface area contributed by atoms with Crippen LogP contribution in [-0.4, -0.2) is 33.6 Å². The molecule has 0 radical (unpaired) electrons. The molecule has 6 rings (SSSR count). The number of non-ortho nitro benzene ring substituents is 1. The zero-order chi connectivity index (χ0) is 19.7. The van der Waals surface area contributed by atoms with E-state index in [0.29, 0.717) is 17.5 Å². The van der Waals surface area contributed by atoms with Crippen LogP contribution in [0.15, 0.2) is 36.4 Å². The number of carbonyl (C=O) groups excluding carboxylic acids is 3. The second kappa shape index (κ2) is 5.73. The predicted molar refractivity (Wildman–Crippen MR) is 97.7 cm³/mol. The lowest BCUT2D eigenvalue weighted by Gasteiger charge is -2.37. The van der Waals surface area contributed by atoms with E-state index in [4.69, 9.17) is 0 Å². The van der Waals surface area contributed by atoms with Gasteiger partial charge in [0, 0.05) is 17.8 Å². The molecule has 2 bridgehead atoms. The number of amides is 3. The van der Waals surface area contributed by atoms with E-state index in [1.807, 2.05) is 0 Å². The summed E-state index contributed by atoms with van der Waals surface area (Å²) in [7, 11) is 0. The molecule has 1 aromatic carbocycles. The molecule has 4 aliphatic carbocycles. The average molecular weight is 381 g/mol. The van der Waals surface area contributed by atoms with Crippen molar-refractivity contribution in [3.63, 3.8) is 0 Å².